The molecule has 1 heterocycles. The summed E-state index contributed by atoms with van der Waals surface area (Å²) in [6.07, 6.45) is 0.300. The molecular formula is C21H22N2OS2. The summed E-state index contributed by atoms with van der Waals surface area (Å²) < 4.78 is 1.000. The van der Waals surface area contributed by atoms with E-state index >= 15 is 0 Å². The zero-order valence-corrected chi connectivity index (χ0v) is 16.8. The van der Waals surface area contributed by atoms with Crippen molar-refractivity contribution in [1.29, 1.82) is 0 Å². The molecule has 0 atom stereocenters. The average Bonchev–Trinajstić information content (AvgIpc) is 3.00. The van der Waals surface area contributed by atoms with Gasteiger partial charge in [0.2, 0.25) is 5.91 Å². The third-order valence-corrected chi connectivity index (χ3v) is 6.00. The molecule has 134 valence electrons. The van der Waals surface area contributed by atoms with Gasteiger partial charge in [-0.1, -0.05) is 47.7 Å². The van der Waals surface area contributed by atoms with Gasteiger partial charge < -0.3 is 5.32 Å². The summed E-state index contributed by atoms with van der Waals surface area (Å²) in [7, 11) is 0. The molecule has 0 saturated carbocycles. The third-order valence-electron chi connectivity index (χ3n) is 3.86. The van der Waals surface area contributed by atoms with Crippen LogP contribution >= 0.6 is 23.1 Å². The van der Waals surface area contributed by atoms with Crippen molar-refractivity contribution in [2.24, 2.45) is 0 Å². The summed E-state index contributed by atoms with van der Waals surface area (Å²) in [5, 5.41) is 4.93. The molecule has 5 heteroatoms. The van der Waals surface area contributed by atoms with E-state index in [1.807, 2.05) is 31.4 Å². The summed E-state index contributed by atoms with van der Waals surface area (Å²) >= 11 is 3.31. The molecule has 0 fully saturated rings. The number of thioether (sulfide) groups is 1. The van der Waals surface area contributed by atoms with Crippen LogP contribution in [0.1, 0.15) is 27.9 Å². The molecule has 1 aromatic heterocycles. The second-order valence-electron chi connectivity index (χ2n) is 6.48. The van der Waals surface area contributed by atoms with Crippen molar-refractivity contribution >= 4 is 34.7 Å². The number of carbonyl (C=O) groups excluding carboxylic acids is 1. The number of anilines is 1. The smallest absolute Gasteiger partial charge is 0.230 e. The molecule has 0 radical (unpaired) electrons. The van der Waals surface area contributed by atoms with Gasteiger partial charge in [-0.2, -0.15) is 0 Å². The van der Waals surface area contributed by atoms with Crippen LogP contribution in [0.2, 0.25) is 0 Å². The van der Waals surface area contributed by atoms with E-state index < -0.39 is 0 Å². The minimum absolute atomic E-state index is 0.0321. The van der Waals surface area contributed by atoms with Crippen LogP contribution in [0.15, 0.2) is 52.2 Å². The Bertz CT molecular complexity index is 880. The van der Waals surface area contributed by atoms with E-state index in [9.17, 15) is 4.79 Å². The van der Waals surface area contributed by atoms with Gasteiger partial charge in [-0.3, -0.25) is 4.79 Å². The van der Waals surface area contributed by atoms with E-state index in [2.05, 4.69) is 47.6 Å². The molecule has 3 aromatic rings. The Morgan fingerprint density at radius 3 is 2.42 bits per heavy atom. The Kier molecular flexibility index (Phi) is 6.12. The number of amides is 1. The van der Waals surface area contributed by atoms with Crippen LogP contribution in [0.5, 0.6) is 0 Å². The molecule has 0 aliphatic carbocycles. The zero-order valence-electron chi connectivity index (χ0n) is 15.2. The van der Waals surface area contributed by atoms with E-state index in [-0.39, 0.29) is 5.91 Å². The number of aromatic nitrogens is 1. The maximum absolute atomic E-state index is 12.3. The summed E-state index contributed by atoms with van der Waals surface area (Å²) in [5.74, 6) is 0.859. The number of rotatable bonds is 6. The molecule has 1 N–H and O–H groups in total. The summed E-state index contributed by atoms with van der Waals surface area (Å²) in [6.45, 7) is 6.15. The Hall–Kier alpha value is -2.11. The van der Waals surface area contributed by atoms with Gasteiger partial charge in [0, 0.05) is 16.8 Å². The number of nitrogens with zero attached hydrogens (tertiary/aromatic N) is 1. The van der Waals surface area contributed by atoms with Crippen molar-refractivity contribution in [3.05, 3.63) is 75.8 Å². The second kappa shape index (κ2) is 8.52. The maximum Gasteiger partial charge on any atom is 0.230 e. The Balaban J connectivity index is 1.54. The normalized spacial score (nSPS) is 10.7. The van der Waals surface area contributed by atoms with Crippen molar-refractivity contribution in [3.63, 3.8) is 0 Å². The van der Waals surface area contributed by atoms with Crippen molar-refractivity contribution in [1.82, 2.24) is 4.98 Å². The first-order chi connectivity index (χ1) is 12.5. The lowest BCUT2D eigenvalue weighted by Crippen LogP contribution is -2.14. The van der Waals surface area contributed by atoms with Crippen LogP contribution in [0.4, 0.5) is 5.69 Å². The standard InChI is InChI=1S/C21H22N2OS2/c1-14-4-6-17(7-5-14)12-25-21-23-19(13-26-21)11-20(24)22-18-9-15(2)8-16(3)10-18/h4-10,13H,11-12H2,1-3H3,(H,22,24). The first kappa shape index (κ1) is 18.7. The quantitative estimate of drug-likeness (QED) is 0.569. The number of hydrogen-bond donors (Lipinski definition) is 1. The van der Waals surface area contributed by atoms with Gasteiger partial charge in [-0.05, 0) is 49.6 Å². The summed E-state index contributed by atoms with van der Waals surface area (Å²) in [4.78, 5) is 16.9. The molecule has 0 bridgehead atoms. The van der Waals surface area contributed by atoms with Crippen LogP contribution in [-0.4, -0.2) is 10.9 Å². The summed E-state index contributed by atoms with van der Waals surface area (Å²) in [5.41, 5.74) is 6.50. The zero-order chi connectivity index (χ0) is 18.5. The van der Waals surface area contributed by atoms with Gasteiger partial charge in [0.1, 0.15) is 4.34 Å². The minimum Gasteiger partial charge on any atom is -0.326 e. The molecule has 1 amide bonds. The molecule has 26 heavy (non-hydrogen) atoms. The fraction of sp³-hybridized carbons (Fsp3) is 0.238. The van der Waals surface area contributed by atoms with Crippen LogP contribution in [0.25, 0.3) is 0 Å². The van der Waals surface area contributed by atoms with Gasteiger partial charge in [-0.15, -0.1) is 11.3 Å². The molecule has 3 nitrogen and oxygen atoms in total. The predicted molar refractivity (Wildman–Crippen MR) is 111 cm³/mol. The number of hydrogen-bond acceptors (Lipinski definition) is 4. The number of nitrogens with one attached hydrogen (secondary N) is 1. The molecule has 0 aliphatic rings. The van der Waals surface area contributed by atoms with Crippen molar-refractivity contribution in [2.75, 3.05) is 5.32 Å². The number of carbonyl (C=O) groups is 1. The average molecular weight is 383 g/mol. The lowest BCUT2D eigenvalue weighted by molar-refractivity contribution is -0.115. The maximum atomic E-state index is 12.3. The van der Waals surface area contributed by atoms with Gasteiger partial charge in [0.15, 0.2) is 0 Å². The molecule has 0 saturated heterocycles. The molecule has 0 spiro atoms. The van der Waals surface area contributed by atoms with E-state index in [4.69, 9.17) is 0 Å². The van der Waals surface area contributed by atoms with Crippen LogP contribution in [0.3, 0.4) is 0 Å². The largest absolute Gasteiger partial charge is 0.326 e. The summed E-state index contributed by atoms with van der Waals surface area (Å²) in [6, 6.07) is 14.6. The van der Waals surface area contributed by atoms with Gasteiger partial charge >= 0.3 is 0 Å². The number of aryl methyl sites for hydroxylation is 3. The van der Waals surface area contributed by atoms with Gasteiger partial charge in [0.05, 0.1) is 12.1 Å². The van der Waals surface area contributed by atoms with Gasteiger partial charge in [0.25, 0.3) is 0 Å². The lowest BCUT2D eigenvalue weighted by atomic mass is 10.1. The SMILES string of the molecule is Cc1ccc(CSc2nc(CC(=O)Nc3cc(C)cc(C)c3)cs2)cc1. The molecule has 0 aliphatic heterocycles. The van der Waals surface area contributed by atoms with Crippen LogP contribution < -0.4 is 5.32 Å². The monoisotopic (exact) mass is 382 g/mol. The fourth-order valence-electron chi connectivity index (χ4n) is 2.68. The van der Waals surface area contributed by atoms with Crippen LogP contribution in [-0.2, 0) is 17.0 Å². The first-order valence-corrected chi connectivity index (χ1v) is 10.4. The highest BCUT2D eigenvalue weighted by Gasteiger charge is 2.09. The van der Waals surface area contributed by atoms with Gasteiger partial charge in [-0.25, -0.2) is 4.98 Å². The lowest BCUT2D eigenvalue weighted by Gasteiger charge is -2.06. The van der Waals surface area contributed by atoms with Crippen LogP contribution in [0, 0.1) is 20.8 Å². The van der Waals surface area contributed by atoms with E-state index in [0.29, 0.717) is 6.42 Å². The molecule has 0 unspecified atom stereocenters. The first-order valence-electron chi connectivity index (χ1n) is 8.49. The van der Waals surface area contributed by atoms with Crippen molar-refractivity contribution < 1.29 is 4.79 Å². The molecule has 2 aromatic carbocycles. The minimum atomic E-state index is -0.0321. The number of benzene rings is 2. The van der Waals surface area contributed by atoms with E-state index in [0.717, 1.165) is 32.6 Å². The highest BCUT2D eigenvalue weighted by Crippen LogP contribution is 2.26. The van der Waals surface area contributed by atoms with Crippen molar-refractivity contribution in [2.45, 2.75) is 37.3 Å². The predicted octanol–water partition coefficient (Wildman–Crippen LogP) is 5.54. The molecular weight excluding hydrogens is 360 g/mol. The topological polar surface area (TPSA) is 42.0 Å². The Labute approximate surface area is 162 Å². The third kappa shape index (κ3) is 5.44. The second-order valence-corrected chi connectivity index (χ2v) is 8.56. The number of thiazole rings is 1. The van der Waals surface area contributed by atoms with E-state index in [1.54, 1.807) is 23.1 Å². The van der Waals surface area contributed by atoms with Crippen molar-refractivity contribution in [3.8, 4) is 0 Å². The molecule has 3 rings (SSSR count). The highest BCUT2D eigenvalue weighted by atomic mass is 32.2. The van der Waals surface area contributed by atoms with E-state index in [1.165, 1.54) is 11.1 Å². The Morgan fingerprint density at radius 2 is 1.73 bits per heavy atom. The highest BCUT2D eigenvalue weighted by molar-refractivity contribution is 8.00. The Morgan fingerprint density at radius 1 is 1.04 bits per heavy atom. The fourth-order valence-corrected chi connectivity index (χ4v) is 4.48.